The minimum Gasteiger partial charge on any atom is -0.452 e. The van der Waals surface area contributed by atoms with Crippen LogP contribution in [-0.2, 0) is 26.8 Å². The van der Waals surface area contributed by atoms with Gasteiger partial charge < -0.3 is 14.2 Å². The number of nitrogens with zero attached hydrogens (tertiary/aromatic N) is 4. The summed E-state index contributed by atoms with van der Waals surface area (Å²) in [6.45, 7) is 7.28. The quantitative estimate of drug-likeness (QED) is 0.619. The number of ether oxygens (including phenoxy) is 1. The molecule has 170 valence electrons. The number of piperidine rings is 1. The van der Waals surface area contributed by atoms with Gasteiger partial charge in [-0.15, -0.1) is 0 Å². The van der Waals surface area contributed by atoms with Crippen molar-refractivity contribution in [2.24, 2.45) is 0 Å². The second kappa shape index (κ2) is 8.96. The van der Waals surface area contributed by atoms with Gasteiger partial charge in [0.1, 0.15) is 0 Å². The molecule has 31 heavy (non-hydrogen) atoms. The summed E-state index contributed by atoms with van der Waals surface area (Å²) in [6.07, 6.45) is 3.17. The van der Waals surface area contributed by atoms with Crippen molar-refractivity contribution in [2.75, 3.05) is 32.1 Å². The number of sulfonamides is 1. The van der Waals surface area contributed by atoms with E-state index in [1.54, 1.807) is 6.07 Å². The normalized spacial score (nSPS) is 15.4. The van der Waals surface area contributed by atoms with Crippen LogP contribution >= 0.6 is 0 Å². The van der Waals surface area contributed by atoms with Crippen LogP contribution in [0.3, 0.4) is 0 Å². The van der Waals surface area contributed by atoms with Crippen LogP contribution < -0.4 is 4.90 Å². The minimum absolute atomic E-state index is 0.0398. The number of hydrogen-bond acceptors (Lipinski definition) is 8. The summed E-state index contributed by atoms with van der Waals surface area (Å²) in [5.41, 5.74) is 0.589. The SMILES string of the molecule is CN(C)S(=O)(=O)c1ccc(N2CCCCC2)c(C(=O)OCc2nc(C(C)(C)C)no2)c1. The number of hydrogen-bond donors (Lipinski definition) is 0. The second-order valence-electron chi connectivity index (χ2n) is 8.85. The van der Waals surface area contributed by atoms with Crippen molar-refractivity contribution in [3.63, 3.8) is 0 Å². The monoisotopic (exact) mass is 450 g/mol. The molecule has 0 saturated carbocycles. The van der Waals surface area contributed by atoms with E-state index >= 15 is 0 Å². The maximum Gasteiger partial charge on any atom is 0.340 e. The third-order valence-corrected chi connectivity index (χ3v) is 6.94. The van der Waals surface area contributed by atoms with E-state index in [4.69, 9.17) is 9.26 Å². The van der Waals surface area contributed by atoms with Crippen molar-refractivity contribution < 1.29 is 22.5 Å². The molecule has 10 heteroatoms. The molecule has 1 aliphatic rings. The van der Waals surface area contributed by atoms with Gasteiger partial charge >= 0.3 is 5.97 Å². The fourth-order valence-corrected chi connectivity index (χ4v) is 4.21. The van der Waals surface area contributed by atoms with Crippen LogP contribution in [0.2, 0.25) is 0 Å². The third-order valence-electron chi connectivity index (χ3n) is 5.13. The lowest BCUT2D eigenvalue weighted by atomic mass is 9.96. The van der Waals surface area contributed by atoms with Gasteiger partial charge in [-0.3, -0.25) is 0 Å². The summed E-state index contributed by atoms with van der Waals surface area (Å²) in [4.78, 5) is 19.4. The predicted molar refractivity (Wildman–Crippen MR) is 115 cm³/mol. The number of rotatable bonds is 6. The van der Waals surface area contributed by atoms with E-state index in [1.165, 1.54) is 26.2 Å². The lowest BCUT2D eigenvalue weighted by Crippen LogP contribution is -2.31. The number of anilines is 1. The van der Waals surface area contributed by atoms with E-state index in [2.05, 4.69) is 15.0 Å². The molecule has 1 aromatic carbocycles. The zero-order chi connectivity index (χ0) is 22.8. The Bertz CT molecular complexity index is 1030. The van der Waals surface area contributed by atoms with Crippen molar-refractivity contribution in [3.05, 3.63) is 35.5 Å². The largest absolute Gasteiger partial charge is 0.452 e. The molecule has 1 saturated heterocycles. The van der Waals surface area contributed by atoms with Crippen LogP contribution in [0.15, 0.2) is 27.6 Å². The molecule has 0 bridgehead atoms. The molecule has 0 aliphatic carbocycles. The fourth-order valence-electron chi connectivity index (χ4n) is 3.28. The molecule has 1 aliphatic heterocycles. The highest BCUT2D eigenvalue weighted by atomic mass is 32.2. The van der Waals surface area contributed by atoms with Gasteiger partial charge in [-0.2, -0.15) is 4.98 Å². The fraction of sp³-hybridized carbons (Fsp3) is 0.571. The first-order valence-electron chi connectivity index (χ1n) is 10.3. The Hall–Kier alpha value is -2.46. The number of benzene rings is 1. The molecule has 0 unspecified atom stereocenters. The minimum atomic E-state index is -3.69. The predicted octanol–water partition coefficient (Wildman–Crippen LogP) is 2.96. The molecule has 1 fully saturated rings. The highest BCUT2D eigenvalue weighted by molar-refractivity contribution is 7.89. The molecule has 0 spiro atoms. The third kappa shape index (κ3) is 5.24. The van der Waals surface area contributed by atoms with Crippen LogP contribution in [0.25, 0.3) is 0 Å². The van der Waals surface area contributed by atoms with Crippen molar-refractivity contribution in [1.29, 1.82) is 0 Å². The lowest BCUT2D eigenvalue weighted by molar-refractivity contribution is 0.0430. The average Bonchev–Trinajstić information content (AvgIpc) is 3.22. The first-order chi connectivity index (χ1) is 14.5. The van der Waals surface area contributed by atoms with E-state index in [1.807, 2.05) is 20.8 Å². The maximum atomic E-state index is 13.0. The topological polar surface area (TPSA) is 106 Å². The summed E-state index contributed by atoms with van der Waals surface area (Å²) in [5.74, 6) is 0.0772. The van der Waals surface area contributed by atoms with Gasteiger partial charge in [0.25, 0.3) is 5.89 Å². The van der Waals surface area contributed by atoms with E-state index in [0.717, 1.165) is 36.7 Å². The summed E-state index contributed by atoms with van der Waals surface area (Å²) < 4.78 is 36.9. The number of aromatic nitrogens is 2. The number of esters is 1. The van der Waals surface area contributed by atoms with Crippen LogP contribution in [0, 0.1) is 0 Å². The van der Waals surface area contributed by atoms with Gasteiger partial charge in [0.2, 0.25) is 10.0 Å². The van der Waals surface area contributed by atoms with E-state index in [9.17, 15) is 13.2 Å². The Morgan fingerprint density at radius 1 is 1.19 bits per heavy atom. The maximum absolute atomic E-state index is 13.0. The Kier molecular flexibility index (Phi) is 6.70. The van der Waals surface area contributed by atoms with Crippen molar-refractivity contribution >= 4 is 21.7 Å². The lowest BCUT2D eigenvalue weighted by Gasteiger charge is -2.30. The number of carbonyl (C=O) groups is 1. The number of carbonyl (C=O) groups excluding carboxylic acids is 1. The molecule has 2 heterocycles. The molecule has 2 aromatic rings. The average molecular weight is 451 g/mol. The van der Waals surface area contributed by atoms with Crippen LogP contribution in [0.5, 0.6) is 0 Å². The Morgan fingerprint density at radius 2 is 1.87 bits per heavy atom. The first-order valence-corrected chi connectivity index (χ1v) is 11.8. The highest BCUT2D eigenvalue weighted by Crippen LogP contribution is 2.29. The zero-order valence-corrected chi connectivity index (χ0v) is 19.5. The van der Waals surface area contributed by atoms with E-state index < -0.39 is 16.0 Å². The summed E-state index contributed by atoms with van der Waals surface area (Å²) in [6, 6.07) is 4.60. The Morgan fingerprint density at radius 3 is 2.45 bits per heavy atom. The summed E-state index contributed by atoms with van der Waals surface area (Å²) in [5, 5.41) is 3.92. The molecule has 0 N–H and O–H groups in total. The van der Waals surface area contributed by atoms with Crippen molar-refractivity contribution in [1.82, 2.24) is 14.4 Å². The van der Waals surface area contributed by atoms with Gasteiger partial charge in [-0.05, 0) is 37.5 Å². The molecule has 9 nitrogen and oxygen atoms in total. The van der Waals surface area contributed by atoms with Crippen LogP contribution in [0.4, 0.5) is 5.69 Å². The van der Waals surface area contributed by atoms with Gasteiger partial charge in [0, 0.05) is 32.6 Å². The van der Waals surface area contributed by atoms with Crippen molar-refractivity contribution in [3.8, 4) is 0 Å². The summed E-state index contributed by atoms with van der Waals surface area (Å²) >= 11 is 0. The molecular formula is C21H30N4O5S. The smallest absolute Gasteiger partial charge is 0.340 e. The first kappa shape index (κ1) is 23.2. The molecule has 1 aromatic heterocycles. The Balaban J connectivity index is 1.88. The second-order valence-corrected chi connectivity index (χ2v) is 11.0. The molecule has 0 amide bonds. The van der Waals surface area contributed by atoms with Crippen LogP contribution in [-0.4, -0.2) is 56.0 Å². The van der Waals surface area contributed by atoms with E-state index in [0.29, 0.717) is 11.5 Å². The van der Waals surface area contributed by atoms with Gasteiger partial charge in [-0.25, -0.2) is 17.5 Å². The Labute approximate surface area is 183 Å². The zero-order valence-electron chi connectivity index (χ0n) is 18.7. The molecule has 0 radical (unpaired) electrons. The highest BCUT2D eigenvalue weighted by Gasteiger charge is 2.26. The molecule has 0 atom stereocenters. The van der Waals surface area contributed by atoms with Crippen LogP contribution in [0.1, 0.15) is 62.1 Å². The van der Waals surface area contributed by atoms with Gasteiger partial charge in [0.05, 0.1) is 16.1 Å². The van der Waals surface area contributed by atoms with Crippen molar-refractivity contribution in [2.45, 2.75) is 57.0 Å². The van der Waals surface area contributed by atoms with Gasteiger partial charge in [-0.1, -0.05) is 25.9 Å². The standard InChI is InChI=1S/C21H30N4O5S/c1-21(2,3)20-22-18(30-23-20)14-29-19(26)16-13-15(31(27,28)24(4)5)9-10-17(16)25-11-7-6-8-12-25/h9-10,13H,6-8,11-12,14H2,1-5H3. The molecule has 3 rings (SSSR count). The van der Waals surface area contributed by atoms with E-state index in [-0.39, 0.29) is 28.4 Å². The van der Waals surface area contributed by atoms with Gasteiger partial charge in [0.15, 0.2) is 12.4 Å². The summed E-state index contributed by atoms with van der Waals surface area (Å²) in [7, 11) is -0.789. The molecular weight excluding hydrogens is 420 g/mol.